The lowest BCUT2D eigenvalue weighted by Crippen LogP contribution is -2.37. The van der Waals surface area contributed by atoms with Gasteiger partial charge in [-0.25, -0.2) is 0 Å². The Kier molecular flexibility index (Phi) is 7.09. The van der Waals surface area contributed by atoms with E-state index in [1.54, 1.807) is 11.8 Å². The number of carbonyl (C=O) groups is 2. The molecule has 0 radical (unpaired) electrons. The van der Waals surface area contributed by atoms with Crippen LogP contribution in [0.4, 0.5) is 11.4 Å². The van der Waals surface area contributed by atoms with Gasteiger partial charge in [0.25, 0.3) is 0 Å². The first-order chi connectivity index (χ1) is 11.6. The van der Waals surface area contributed by atoms with Crippen LogP contribution in [0.15, 0.2) is 24.3 Å². The van der Waals surface area contributed by atoms with Gasteiger partial charge in [0, 0.05) is 50.9 Å². The van der Waals surface area contributed by atoms with E-state index in [0.717, 1.165) is 25.2 Å². The Morgan fingerprint density at radius 1 is 1.12 bits per heavy atom. The lowest BCUT2D eigenvalue weighted by atomic mass is 10.1. The molecule has 0 atom stereocenters. The third-order valence-corrected chi connectivity index (χ3v) is 4.40. The van der Waals surface area contributed by atoms with Crippen molar-refractivity contribution in [2.75, 3.05) is 36.0 Å². The maximum absolute atomic E-state index is 11.9. The van der Waals surface area contributed by atoms with Crippen LogP contribution in [0.25, 0.3) is 0 Å². The molecular weight excluding hydrogens is 302 g/mol. The Morgan fingerprint density at radius 3 is 2.38 bits per heavy atom. The number of rotatable bonds is 7. The summed E-state index contributed by atoms with van der Waals surface area (Å²) in [5, 5.41) is 2.86. The van der Waals surface area contributed by atoms with E-state index in [4.69, 9.17) is 0 Å². The molecule has 2 amide bonds. The second-order valence-electron chi connectivity index (χ2n) is 6.33. The molecule has 1 heterocycles. The van der Waals surface area contributed by atoms with Crippen molar-refractivity contribution in [3.63, 3.8) is 0 Å². The van der Waals surface area contributed by atoms with Crippen LogP contribution >= 0.6 is 0 Å². The summed E-state index contributed by atoms with van der Waals surface area (Å²) in [5.41, 5.74) is 2.10. The highest BCUT2D eigenvalue weighted by Gasteiger charge is 2.14. The molecule has 1 saturated heterocycles. The number of hydrogen-bond donors (Lipinski definition) is 1. The Morgan fingerprint density at radius 2 is 1.79 bits per heavy atom. The molecule has 0 saturated carbocycles. The van der Waals surface area contributed by atoms with Gasteiger partial charge in [0.1, 0.15) is 0 Å². The molecule has 1 aromatic carbocycles. The van der Waals surface area contributed by atoms with Crippen molar-refractivity contribution in [1.82, 2.24) is 5.32 Å². The third kappa shape index (κ3) is 5.25. The average molecular weight is 331 g/mol. The van der Waals surface area contributed by atoms with Crippen LogP contribution < -0.4 is 15.1 Å². The molecule has 5 nitrogen and oxygen atoms in total. The average Bonchev–Trinajstić information content (AvgIpc) is 2.60. The van der Waals surface area contributed by atoms with Crippen molar-refractivity contribution in [2.45, 2.75) is 46.0 Å². The molecule has 0 bridgehead atoms. The summed E-state index contributed by atoms with van der Waals surface area (Å²) >= 11 is 0. The third-order valence-electron chi connectivity index (χ3n) is 4.40. The zero-order valence-corrected chi connectivity index (χ0v) is 14.9. The fraction of sp³-hybridized carbons (Fsp3) is 0.579. The molecule has 0 aliphatic carbocycles. The van der Waals surface area contributed by atoms with E-state index >= 15 is 0 Å². The standard InChI is InChI=1S/C19H29N3O2/c1-3-7-19(24)20-12-15-22(16(2)23)18-10-8-17(9-11-18)21-13-5-4-6-14-21/h8-11H,3-7,12-15H2,1-2H3,(H,20,24). The Bertz CT molecular complexity index is 536. The zero-order valence-electron chi connectivity index (χ0n) is 14.9. The van der Waals surface area contributed by atoms with E-state index < -0.39 is 0 Å². The van der Waals surface area contributed by atoms with Crippen LogP contribution in [0.1, 0.15) is 46.0 Å². The molecule has 2 rings (SSSR count). The highest BCUT2D eigenvalue weighted by molar-refractivity contribution is 5.91. The van der Waals surface area contributed by atoms with E-state index in [-0.39, 0.29) is 11.8 Å². The van der Waals surface area contributed by atoms with Gasteiger partial charge in [-0.05, 0) is 49.9 Å². The Hall–Kier alpha value is -2.04. The Labute approximate surface area is 145 Å². The summed E-state index contributed by atoms with van der Waals surface area (Å²) in [6.07, 6.45) is 5.18. The van der Waals surface area contributed by atoms with Gasteiger partial charge in [-0.15, -0.1) is 0 Å². The van der Waals surface area contributed by atoms with E-state index in [1.165, 1.54) is 24.9 Å². The van der Waals surface area contributed by atoms with E-state index in [1.807, 2.05) is 19.1 Å². The lowest BCUT2D eigenvalue weighted by molar-refractivity contribution is -0.121. The van der Waals surface area contributed by atoms with E-state index in [9.17, 15) is 9.59 Å². The van der Waals surface area contributed by atoms with E-state index in [0.29, 0.717) is 19.5 Å². The quantitative estimate of drug-likeness (QED) is 0.836. The molecule has 24 heavy (non-hydrogen) atoms. The van der Waals surface area contributed by atoms with Gasteiger partial charge in [-0.1, -0.05) is 6.92 Å². The van der Waals surface area contributed by atoms with Crippen molar-refractivity contribution in [2.24, 2.45) is 0 Å². The summed E-state index contributed by atoms with van der Waals surface area (Å²) in [6, 6.07) is 8.18. The van der Waals surface area contributed by atoms with Gasteiger partial charge >= 0.3 is 0 Å². The van der Waals surface area contributed by atoms with Gasteiger partial charge in [-0.2, -0.15) is 0 Å². The fourth-order valence-corrected chi connectivity index (χ4v) is 3.09. The second kappa shape index (κ2) is 9.30. The second-order valence-corrected chi connectivity index (χ2v) is 6.33. The molecular formula is C19H29N3O2. The molecule has 132 valence electrons. The van der Waals surface area contributed by atoms with Crippen molar-refractivity contribution < 1.29 is 9.59 Å². The number of benzene rings is 1. The van der Waals surface area contributed by atoms with Crippen LogP contribution in [0.3, 0.4) is 0 Å². The Balaban J connectivity index is 1.94. The zero-order chi connectivity index (χ0) is 17.4. The van der Waals surface area contributed by atoms with Gasteiger partial charge in [0.15, 0.2) is 0 Å². The minimum atomic E-state index is -0.00883. The number of nitrogens with one attached hydrogen (secondary N) is 1. The molecule has 5 heteroatoms. The van der Waals surface area contributed by atoms with Crippen LogP contribution in [0.5, 0.6) is 0 Å². The van der Waals surface area contributed by atoms with Crippen LogP contribution in [-0.4, -0.2) is 38.0 Å². The van der Waals surface area contributed by atoms with Gasteiger partial charge in [0.05, 0.1) is 0 Å². The lowest BCUT2D eigenvalue weighted by Gasteiger charge is -2.29. The molecule has 1 aliphatic heterocycles. The molecule has 1 aromatic rings. The highest BCUT2D eigenvalue weighted by atomic mass is 16.2. The predicted octanol–water partition coefficient (Wildman–Crippen LogP) is 2.95. The van der Waals surface area contributed by atoms with Crippen molar-refractivity contribution in [1.29, 1.82) is 0 Å². The summed E-state index contributed by atoms with van der Waals surface area (Å²) in [5.74, 6) is 0.0342. The first kappa shape index (κ1) is 18.3. The van der Waals surface area contributed by atoms with Crippen LogP contribution in [0, 0.1) is 0 Å². The topological polar surface area (TPSA) is 52.7 Å². The SMILES string of the molecule is CCCC(=O)NCCN(C(C)=O)c1ccc(N2CCCCC2)cc1. The largest absolute Gasteiger partial charge is 0.372 e. The number of anilines is 2. The number of carbonyl (C=O) groups excluding carboxylic acids is 2. The predicted molar refractivity (Wildman–Crippen MR) is 98.5 cm³/mol. The maximum Gasteiger partial charge on any atom is 0.223 e. The van der Waals surface area contributed by atoms with Crippen LogP contribution in [0.2, 0.25) is 0 Å². The molecule has 0 spiro atoms. The van der Waals surface area contributed by atoms with Gasteiger partial charge in [-0.3, -0.25) is 9.59 Å². The maximum atomic E-state index is 11.9. The summed E-state index contributed by atoms with van der Waals surface area (Å²) in [6.45, 7) is 6.73. The normalized spacial score (nSPS) is 14.3. The molecule has 1 aliphatic rings. The molecule has 1 fully saturated rings. The minimum absolute atomic E-state index is 0.00883. The van der Waals surface area contributed by atoms with Gasteiger partial charge < -0.3 is 15.1 Å². The number of nitrogens with zero attached hydrogens (tertiary/aromatic N) is 2. The molecule has 0 unspecified atom stereocenters. The fourth-order valence-electron chi connectivity index (χ4n) is 3.09. The number of piperidine rings is 1. The minimum Gasteiger partial charge on any atom is -0.372 e. The summed E-state index contributed by atoms with van der Waals surface area (Å²) < 4.78 is 0. The number of hydrogen-bond acceptors (Lipinski definition) is 3. The van der Waals surface area contributed by atoms with Crippen molar-refractivity contribution in [3.8, 4) is 0 Å². The number of amides is 2. The summed E-state index contributed by atoms with van der Waals surface area (Å²) in [7, 11) is 0. The van der Waals surface area contributed by atoms with Gasteiger partial charge in [0.2, 0.25) is 11.8 Å². The monoisotopic (exact) mass is 331 g/mol. The first-order valence-corrected chi connectivity index (χ1v) is 9.01. The first-order valence-electron chi connectivity index (χ1n) is 9.01. The van der Waals surface area contributed by atoms with Crippen molar-refractivity contribution >= 4 is 23.2 Å². The van der Waals surface area contributed by atoms with Crippen LogP contribution in [-0.2, 0) is 9.59 Å². The van der Waals surface area contributed by atoms with Crippen molar-refractivity contribution in [3.05, 3.63) is 24.3 Å². The molecule has 0 aromatic heterocycles. The summed E-state index contributed by atoms with van der Waals surface area (Å²) in [4.78, 5) is 27.6. The smallest absolute Gasteiger partial charge is 0.223 e. The molecule has 1 N–H and O–H groups in total. The van der Waals surface area contributed by atoms with E-state index in [2.05, 4.69) is 22.3 Å². The highest BCUT2D eigenvalue weighted by Crippen LogP contribution is 2.23.